The predicted molar refractivity (Wildman–Crippen MR) is 128 cm³/mol. The predicted octanol–water partition coefficient (Wildman–Crippen LogP) is 6.31. The molecule has 1 atom stereocenters. The first-order chi connectivity index (χ1) is 15.2. The monoisotopic (exact) mass is 412 g/mol. The first-order valence-corrected chi connectivity index (χ1v) is 11.3. The Kier molecular flexibility index (Phi) is 5.56. The van der Waals surface area contributed by atoms with E-state index in [-0.39, 0.29) is 12.0 Å². The van der Waals surface area contributed by atoms with Gasteiger partial charge in [-0.2, -0.15) is 0 Å². The van der Waals surface area contributed by atoms with Gasteiger partial charge in [0.2, 0.25) is 0 Å². The van der Waals surface area contributed by atoms with Crippen molar-refractivity contribution in [3.8, 4) is 0 Å². The molecule has 0 aromatic heterocycles. The van der Waals surface area contributed by atoms with Gasteiger partial charge < -0.3 is 9.84 Å². The minimum atomic E-state index is -0.268. The van der Waals surface area contributed by atoms with Crippen LogP contribution in [0.2, 0.25) is 0 Å². The van der Waals surface area contributed by atoms with Gasteiger partial charge in [0.25, 0.3) is 0 Å². The zero-order valence-electron chi connectivity index (χ0n) is 18.0. The van der Waals surface area contributed by atoms with E-state index >= 15 is 0 Å². The molecule has 0 spiro atoms. The number of allylic oxidation sites excluding steroid dienone is 3. The molecule has 2 aliphatic carbocycles. The summed E-state index contributed by atoms with van der Waals surface area (Å²) in [5.74, 6) is 0.874. The highest BCUT2D eigenvalue weighted by Gasteiger charge is 2.24. The quantitative estimate of drug-likeness (QED) is 0.626. The van der Waals surface area contributed by atoms with Gasteiger partial charge in [0.05, 0.1) is 5.71 Å². The maximum Gasteiger partial charge on any atom is 0.157 e. The lowest BCUT2D eigenvalue weighted by atomic mass is 9.92. The number of nitrogens with zero attached hydrogens (tertiary/aromatic N) is 2. The van der Waals surface area contributed by atoms with Crippen LogP contribution in [0.4, 0.5) is 0 Å². The number of rotatable bonds is 5. The molecule has 0 radical (unpaired) electrons. The normalized spacial score (nSPS) is 20.6. The lowest BCUT2D eigenvalue weighted by molar-refractivity contribution is 0.0642. The maximum absolute atomic E-state index is 10.4. The summed E-state index contributed by atoms with van der Waals surface area (Å²) in [4.78, 5) is 9.63. The Morgan fingerprint density at radius 1 is 1.03 bits per heavy atom. The van der Waals surface area contributed by atoms with Crippen LogP contribution < -0.4 is 0 Å². The average molecular weight is 413 g/mol. The molecule has 2 aromatic rings. The minimum Gasteiger partial charge on any atom is -0.508 e. The molecule has 5 rings (SSSR count). The summed E-state index contributed by atoms with van der Waals surface area (Å²) < 4.78 is 6.00. The van der Waals surface area contributed by atoms with E-state index < -0.39 is 0 Å². The van der Waals surface area contributed by atoms with Crippen LogP contribution in [-0.4, -0.2) is 29.5 Å². The van der Waals surface area contributed by atoms with Crippen molar-refractivity contribution in [1.29, 1.82) is 0 Å². The molecule has 2 aromatic carbocycles. The van der Waals surface area contributed by atoms with E-state index in [0.29, 0.717) is 18.9 Å². The van der Waals surface area contributed by atoms with Crippen molar-refractivity contribution in [2.45, 2.75) is 51.7 Å². The van der Waals surface area contributed by atoms with Crippen LogP contribution in [-0.2, 0) is 11.2 Å². The second-order valence-electron chi connectivity index (χ2n) is 8.40. The maximum atomic E-state index is 10.4. The summed E-state index contributed by atoms with van der Waals surface area (Å²) in [6, 6.07) is 11.2. The number of hydrogen-bond donors (Lipinski definition) is 1. The Balaban J connectivity index is 1.54. The van der Waals surface area contributed by atoms with E-state index in [9.17, 15) is 5.11 Å². The molecule has 0 saturated heterocycles. The molecule has 4 nitrogen and oxygen atoms in total. The van der Waals surface area contributed by atoms with Gasteiger partial charge in [-0.1, -0.05) is 43.4 Å². The molecule has 1 aliphatic heterocycles. The van der Waals surface area contributed by atoms with Crippen LogP contribution in [0.5, 0.6) is 0 Å². The summed E-state index contributed by atoms with van der Waals surface area (Å²) in [5.41, 5.74) is 5.61. The Bertz CT molecular complexity index is 1170. The number of amidine groups is 1. The molecule has 1 N–H and O–H groups in total. The Morgan fingerprint density at radius 2 is 1.90 bits per heavy atom. The van der Waals surface area contributed by atoms with Crippen molar-refractivity contribution < 1.29 is 9.84 Å². The highest BCUT2D eigenvalue weighted by Crippen LogP contribution is 2.29. The van der Waals surface area contributed by atoms with E-state index in [2.05, 4.69) is 49.4 Å². The van der Waals surface area contributed by atoms with E-state index in [1.807, 2.05) is 6.08 Å². The second-order valence-corrected chi connectivity index (χ2v) is 8.40. The molecule has 0 saturated carbocycles. The summed E-state index contributed by atoms with van der Waals surface area (Å²) in [6.45, 7) is 2.76. The fraction of sp³-hybridized carbons (Fsp3) is 0.333. The van der Waals surface area contributed by atoms with Crippen molar-refractivity contribution >= 4 is 28.4 Å². The molecular formula is C27H28N2O2. The lowest BCUT2D eigenvalue weighted by Gasteiger charge is -2.23. The number of aliphatic imine (C=N–C) groups is 2. The van der Waals surface area contributed by atoms with Gasteiger partial charge in [0, 0.05) is 18.6 Å². The topological polar surface area (TPSA) is 54.2 Å². The molecule has 1 heterocycles. The van der Waals surface area contributed by atoms with Gasteiger partial charge in [-0.25, -0.2) is 9.98 Å². The van der Waals surface area contributed by atoms with Crippen LogP contribution in [0.25, 0.3) is 16.8 Å². The van der Waals surface area contributed by atoms with E-state index in [1.165, 1.54) is 21.9 Å². The van der Waals surface area contributed by atoms with Gasteiger partial charge in [-0.05, 0) is 77.8 Å². The van der Waals surface area contributed by atoms with Gasteiger partial charge in [0.1, 0.15) is 5.76 Å². The van der Waals surface area contributed by atoms with Crippen LogP contribution in [0.3, 0.4) is 0 Å². The number of benzene rings is 2. The molecule has 31 heavy (non-hydrogen) atoms. The van der Waals surface area contributed by atoms with Gasteiger partial charge in [0.15, 0.2) is 12.1 Å². The SMILES string of the molecule is CCCOC1CC(c2ccc3cc4c(cc3c2)C=CCC4)=NC(C2=C(O)C=CCC2)=N1. The Hall–Kier alpha value is -2.98. The van der Waals surface area contributed by atoms with Crippen molar-refractivity contribution in [2.24, 2.45) is 9.98 Å². The standard InChI is InChI=1S/C27H28N2O2/c1-2-13-31-26-17-24(28-27(29-26)23-9-5-6-10-25(23)30)21-12-11-20-14-18-7-3-4-8-19(18)15-22(20)16-21/h4,6,8,10-12,14-16,26,30H,2-3,5,7,9,13,17H2,1H3. The van der Waals surface area contributed by atoms with E-state index in [4.69, 9.17) is 14.7 Å². The van der Waals surface area contributed by atoms with E-state index in [0.717, 1.165) is 49.0 Å². The third-order valence-corrected chi connectivity index (χ3v) is 6.11. The van der Waals surface area contributed by atoms with Crippen LogP contribution in [0, 0.1) is 0 Å². The molecule has 158 valence electrons. The lowest BCUT2D eigenvalue weighted by Crippen LogP contribution is -2.25. The summed E-state index contributed by atoms with van der Waals surface area (Å²) in [7, 11) is 0. The number of ether oxygens (including phenoxy) is 1. The fourth-order valence-electron chi connectivity index (χ4n) is 4.47. The number of aliphatic hydroxyl groups excluding tert-OH is 1. The number of hydrogen-bond acceptors (Lipinski definition) is 4. The molecule has 0 fully saturated rings. The number of fused-ring (bicyclic) bond motifs is 2. The van der Waals surface area contributed by atoms with Crippen molar-refractivity contribution in [1.82, 2.24) is 0 Å². The highest BCUT2D eigenvalue weighted by atomic mass is 16.5. The molecule has 1 unspecified atom stereocenters. The van der Waals surface area contributed by atoms with Gasteiger partial charge in [-0.3, -0.25) is 0 Å². The number of aliphatic hydroxyl groups is 1. The van der Waals surface area contributed by atoms with Crippen LogP contribution in [0.15, 0.2) is 69.9 Å². The number of aryl methyl sites for hydroxylation is 1. The van der Waals surface area contributed by atoms with Crippen molar-refractivity contribution in [3.63, 3.8) is 0 Å². The molecule has 0 bridgehead atoms. The molecule has 4 heteroatoms. The second kappa shape index (κ2) is 8.64. The minimum absolute atomic E-state index is 0.265. The van der Waals surface area contributed by atoms with Gasteiger partial charge >= 0.3 is 0 Å². The third-order valence-electron chi connectivity index (χ3n) is 6.11. The first kappa shape index (κ1) is 20.0. The van der Waals surface area contributed by atoms with E-state index in [1.54, 1.807) is 6.08 Å². The van der Waals surface area contributed by atoms with Gasteiger partial charge in [-0.15, -0.1) is 0 Å². The third kappa shape index (κ3) is 4.13. The Morgan fingerprint density at radius 3 is 2.77 bits per heavy atom. The summed E-state index contributed by atoms with van der Waals surface area (Å²) >= 11 is 0. The smallest absolute Gasteiger partial charge is 0.157 e. The van der Waals surface area contributed by atoms with Crippen LogP contribution in [0.1, 0.15) is 55.7 Å². The largest absolute Gasteiger partial charge is 0.508 e. The van der Waals surface area contributed by atoms with Crippen molar-refractivity contribution in [3.05, 3.63) is 76.6 Å². The zero-order valence-corrected chi connectivity index (χ0v) is 18.0. The highest BCUT2D eigenvalue weighted by molar-refractivity contribution is 6.15. The molecule has 0 amide bonds. The summed E-state index contributed by atoms with van der Waals surface area (Å²) in [6.07, 6.45) is 13.4. The fourth-order valence-corrected chi connectivity index (χ4v) is 4.47. The van der Waals surface area contributed by atoms with Crippen LogP contribution >= 0.6 is 0 Å². The summed E-state index contributed by atoms with van der Waals surface area (Å²) in [5, 5.41) is 12.9. The molecule has 3 aliphatic rings. The Labute approximate surface area is 183 Å². The average Bonchev–Trinajstić information content (AvgIpc) is 2.81. The zero-order chi connectivity index (χ0) is 21.2. The van der Waals surface area contributed by atoms with Crippen molar-refractivity contribution in [2.75, 3.05) is 6.61 Å². The molecular weight excluding hydrogens is 384 g/mol. The first-order valence-electron chi connectivity index (χ1n) is 11.3.